The summed E-state index contributed by atoms with van der Waals surface area (Å²) >= 11 is 7.61. The summed E-state index contributed by atoms with van der Waals surface area (Å²) in [7, 11) is 0. The zero-order valence-corrected chi connectivity index (χ0v) is 16.7. The lowest BCUT2D eigenvalue weighted by atomic mass is 10.1. The van der Waals surface area contributed by atoms with Crippen LogP contribution < -0.4 is 5.56 Å². The summed E-state index contributed by atoms with van der Waals surface area (Å²) in [5.74, 6) is 0.719. The largest absolute Gasteiger partial charge is 0.381 e. The molecule has 0 saturated carbocycles. The van der Waals surface area contributed by atoms with Crippen LogP contribution in [0.4, 0.5) is 0 Å². The molecule has 26 heavy (non-hydrogen) atoms. The Balaban J connectivity index is 2.20. The van der Waals surface area contributed by atoms with Gasteiger partial charge in [0.2, 0.25) is 0 Å². The second-order valence-corrected chi connectivity index (χ2v) is 7.46. The lowest BCUT2D eigenvalue weighted by Crippen LogP contribution is -2.23. The Kier molecular flexibility index (Phi) is 6.01. The molecule has 0 aliphatic heterocycles. The molecule has 1 heterocycles. The molecule has 0 spiro atoms. The molecule has 136 valence electrons. The maximum Gasteiger partial charge on any atom is 0.266 e. The number of benzene rings is 2. The fourth-order valence-electron chi connectivity index (χ4n) is 2.76. The molecule has 0 N–H and O–H groups in total. The average Bonchev–Trinajstić information content (AvgIpc) is 2.61. The molecule has 0 radical (unpaired) electrons. The number of halogens is 1. The van der Waals surface area contributed by atoms with Gasteiger partial charge in [0.15, 0.2) is 5.16 Å². The summed E-state index contributed by atoms with van der Waals surface area (Å²) in [5, 5.41) is 1.78. The molecule has 0 aliphatic carbocycles. The highest BCUT2D eigenvalue weighted by Crippen LogP contribution is 2.25. The maximum absolute atomic E-state index is 13.2. The summed E-state index contributed by atoms with van der Waals surface area (Å²) in [4.78, 5) is 18.0. The van der Waals surface area contributed by atoms with E-state index in [-0.39, 0.29) is 5.56 Å². The Hall–Kier alpha value is -1.82. The molecular formula is C20H21ClN2O2S. The van der Waals surface area contributed by atoms with Gasteiger partial charge in [-0.15, -0.1) is 0 Å². The first kappa shape index (κ1) is 19.0. The first-order valence-electron chi connectivity index (χ1n) is 8.52. The second-order valence-electron chi connectivity index (χ2n) is 5.96. The van der Waals surface area contributed by atoms with Crippen LogP contribution >= 0.6 is 23.4 Å². The first-order chi connectivity index (χ1) is 12.5. The van der Waals surface area contributed by atoms with Crippen molar-refractivity contribution in [3.8, 4) is 5.69 Å². The van der Waals surface area contributed by atoms with Gasteiger partial charge >= 0.3 is 0 Å². The van der Waals surface area contributed by atoms with Crippen LogP contribution in [0.15, 0.2) is 46.3 Å². The Labute approximate surface area is 162 Å². The van der Waals surface area contributed by atoms with Crippen molar-refractivity contribution in [1.82, 2.24) is 9.55 Å². The standard InChI is InChI=1S/C20H21ClN2O2S/c1-4-25-10-11-26-20-22-17-12-15(21)8-9-16(17)19(24)23(20)18-7-5-6-13(2)14(18)3/h5-9,12H,4,10-11H2,1-3H3. The summed E-state index contributed by atoms with van der Waals surface area (Å²) < 4.78 is 7.13. The molecule has 3 aromatic rings. The number of aryl methyl sites for hydroxylation is 1. The SMILES string of the molecule is CCOCCSc1nc2cc(Cl)ccc2c(=O)n1-c1cccc(C)c1C. The van der Waals surface area contributed by atoms with E-state index in [1.165, 1.54) is 11.8 Å². The fourth-order valence-corrected chi connectivity index (χ4v) is 3.79. The van der Waals surface area contributed by atoms with Crippen molar-refractivity contribution in [3.63, 3.8) is 0 Å². The topological polar surface area (TPSA) is 44.1 Å². The molecule has 6 heteroatoms. The number of aromatic nitrogens is 2. The van der Waals surface area contributed by atoms with Gasteiger partial charge in [-0.05, 0) is 56.2 Å². The molecule has 4 nitrogen and oxygen atoms in total. The second kappa shape index (κ2) is 8.25. The highest BCUT2D eigenvalue weighted by molar-refractivity contribution is 7.99. The normalized spacial score (nSPS) is 11.2. The summed E-state index contributed by atoms with van der Waals surface area (Å²) in [6.45, 7) is 7.31. The highest BCUT2D eigenvalue weighted by atomic mass is 35.5. The third-order valence-corrected chi connectivity index (χ3v) is 5.42. The molecule has 1 aromatic heterocycles. The lowest BCUT2D eigenvalue weighted by molar-refractivity contribution is 0.164. The molecule has 0 saturated heterocycles. The zero-order valence-electron chi connectivity index (χ0n) is 15.1. The number of rotatable bonds is 6. The van der Waals surface area contributed by atoms with Gasteiger partial charge in [0.1, 0.15) is 0 Å². The van der Waals surface area contributed by atoms with Gasteiger partial charge in [0.25, 0.3) is 5.56 Å². The molecule has 3 rings (SSSR count). The van der Waals surface area contributed by atoms with E-state index in [1.54, 1.807) is 22.8 Å². The van der Waals surface area contributed by atoms with E-state index < -0.39 is 0 Å². The van der Waals surface area contributed by atoms with E-state index >= 15 is 0 Å². The highest BCUT2D eigenvalue weighted by Gasteiger charge is 2.15. The summed E-state index contributed by atoms with van der Waals surface area (Å²) in [6, 6.07) is 11.2. The van der Waals surface area contributed by atoms with Gasteiger partial charge < -0.3 is 4.74 Å². The smallest absolute Gasteiger partial charge is 0.266 e. The van der Waals surface area contributed by atoms with Crippen molar-refractivity contribution in [2.24, 2.45) is 0 Å². The van der Waals surface area contributed by atoms with Crippen LogP contribution in [0.25, 0.3) is 16.6 Å². The molecule has 0 fully saturated rings. The van der Waals surface area contributed by atoms with Crippen LogP contribution in [-0.4, -0.2) is 28.5 Å². The van der Waals surface area contributed by atoms with Crippen LogP contribution in [0.1, 0.15) is 18.1 Å². The third kappa shape index (κ3) is 3.80. The molecule has 0 unspecified atom stereocenters. The van der Waals surface area contributed by atoms with E-state index in [9.17, 15) is 4.79 Å². The Bertz CT molecular complexity index is 1000. The monoisotopic (exact) mass is 388 g/mol. The molecule has 0 bridgehead atoms. The van der Waals surface area contributed by atoms with Gasteiger partial charge in [-0.25, -0.2) is 4.98 Å². The Morgan fingerprint density at radius 3 is 2.81 bits per heavy atom. The van der Waals surface area contributed by atoms with E-state index in [4.69, 9.17) is 21.3 Å². The molecule has 2 aromatic carbocycles. The van der Waals surface area contributed by atoms with Crippen LogP contribution in [0.5, 0.6) is 0 Å². The number of hydrogen-bond donors (Lipinski definition) is 0. The van der Waals surface area contributed by atoms with Gasteiger partial charge in [-0.2, -0.15) is 0 Å². The van der Waals surface area contributed by atoms with E-state index in [0.29, 0.717) is 34.3 Å². The van der Waals surface area contributed by atoms with Crippen molar-refractivity contribution in [1.29, 1.82) is 0 Å². The molecule has 0 atom stereocenters. The van der Waals surface area contributed by atoms with Gasteiger partial charge in [0.05, 0.1) is 23.2 Å². The number of fused-ring (bicyclic) bond motifs is 1. The fraction of sp³-hybridized carbons (Fsp3) is 0.300. The minimum atomic E-state index is -0.0840. The number of ether oxygens (including phenoxy) is 1. The maximum atomic E-state index is 13.2. The number of nitrogens with zero attached hydrogens (tertiary/aromatic N) is 2. The van der Waals surface area contributed by atoms with Crippen molar-refractivity contribution >= 4 is 34.3 Å². The van der Waals surface area contributed by atoms with Gasteiger partial charge in [-0.3, -0.25) is 9.36 Å². The summed E-state index contributed by atoms with van der Waals surface area (Å²) in [5.41, 5.74) is 3.59. The van der Waals surface area contributed by atoms with Crippen LogP contribution in [0, 0.1) is 13.8 Å². The van der Waals surface area contributed by atoms with Crippen molar-refractivity contribution in [3.05, 3.63) is 62.9 Å². The predicted molar refractivity (Wildman–Crippen MR) is 109 cm³/mol. The van der Waals surface area contributed by atoms with Gasteiger partial charge in [0, 0.05) is 17.4 Å². The van der Waals surface area contributed by atoms with Crippen molar-refractivity contribution in [2.75, 3.05) is 19.0 Å². The minimum Gasteiger partial charge on any atom is -0.381 e. The van der Waals surface area contributed by atoms with Gasteiger partial charge in [-0.1, -0.05) is 35.5 Å². The Morgan fingerprint density at radius 1 is 1.23 bits per heavy atom. The predicted octanol–water partition coefficient (Wildman–Crippen LogP) is 4.78. The van der Waals surface area contributed by atoms with E-state index in [2.05, 4.69) is 0 Å². The van der Waals surface area contributed by atoms with Crippen molar-refractivity contribution < 1.29 is 4.74 Å². The van der Waals surface area contributed by atoms with Crippen LogP contribution in [0.3, 0.4) is 0 Å². The average molecular weight is 389 g/mol. The van der Waals surface area contributed by atoms with Crippen LogP contribution in [-0.2, 0) is 4.74 Å². The first-order valence-corrected chi connectivity index (χ1v) is 9.88. The van der Waals surface area contributed by atoms with Crippen LogP contribution in [0.2, 0.25) is 5.02 Å². The quantitative estimate of drug-likeness (QED) is 0.346. The summed E-state index contributed by atoms with van der Waals surface area (Å²) in [6.07, 6.45) is 0. The number of thioether (sulfide) groups is 1. The molecule has 0 amide bonds. The van der Waals surface area contributed by atoms with E-state index in [1.807, 2.05) is 39.0 Å². The van der Waals surface area contributed by atoms with Crippen molar-refractivity contribution in [2.45, 2.75) is 25.9 Å². The molecular weight excluding hydrogens is 368 g/mol. The lowest BCUT2D eigenvalue weighted by Gasteiger charge is -2.16. The zero-order chi connectivity index (χ0) is 18.7. The van der Waals surface area contributed by atoms with E-state index in [0.717, 1.165) is 22.6 Å². The Morgan fingerprint density at radius 2 is 2.04 bits per heavy atom. The third-order valence-electron chi connectivity index (χ3n) is 4.28. The number of hydrogen-bond acceptors (Lipinski definition) is 4. The minimum absolute atomic E-state index is 0.0840. The molecule has 0 aliphatic rings.